The fourth-order valence-corrected chi connectivity index (χ4v) is 6.70. The van der Waals surface area contributed by atoms with E-state index in [0.717, 1.165) is 6.42 Å². The van der Waals surface area contributed by atoms with E-state index in [-0.39, 0.29) is 7.92 Å². The van der Waals surface area contributed by atoms with Crippen LogP contribution in [0.1, 0.15) is 6.42 Å². The Morgan fingerprint density at radius 2 is 1.43 bits per heavy atom. The number of allylic oxidation sites excluding steroid dienone is 4. The van der Waals surface area contributed by atoms with Gasteiger partial charge < -0.3 is 0 Å². The quantitative estimate of drug-likeness (QED) is 0.718. The van der Waals surface area contributed by atoms with Crippen LogP contribution in [0.5, 0.6) is 0 Å². The Balaban J connectivity index is 1.86. The van der Waals surface area contributed by atoms with Gasteiger partial charge in [0.05, 0.1) is 0 Å². The molecule has 2 heteroatoms. The molecule has 21 heavy (non-hydrogen) atoms. The van der Waals surface area contributed by atoms with Crippen molar-refractivity contribution in [3.05, 3.63) is 85.0 Å². The van der Waals surface area contributed by atoms with Gasteiger partial charge >= 0.3 is 0 Å². The molecule has 0 spiro atoms. The zero-order valence-corrected chi connectivity index (χ0v) is 13.7. The summed E-state index contributed by atoms with van der Waals surface area (Å²) in [4.78, 5) is 0. The summed E-state index contributed by atoms with van der Waals surface area (Å²) in [6.07, 6.45) is 9.90. The Morgan fingerprint density at radius 3 is 1.95 bits per heavy atom. The van der Waals surface area contributed by atoms with Gasteiger partial charge in [0.15, 0.2) is 0 Å². The van der Waals surface area contributed by atoms with Crippen LogP contribution in [-0.2, 0) is 0 Å². The first kappa shape index (κ1) is 14.5. The molecule has 0 unspecified atom stereocenters. The average Bonchev–Trinajstić information content (AvgIpc) is 2.58. The molecule has 0 nitrogen and oxygen atoms in total. The van der Waals surface area contributed by atoms with Crippen LogP contribution in [0.15, 0.2) is 85.0 Å². The topological polar surface area (TPSA) is 0 Å². The van der Waals surface area contributed by atoms with E-state index in [2.05, 4.69) is 85.0 Å². The van der Waals surface area contributed by atoms with Crippen molar-refractivity contribution < 1.29 is 0 Å². The van der Waals surface area contributed by atoms with Crippen LogP contribution in [0.3, 0.4) is 0 Å². The monoisotopic (exact) mass is 308 g/mol. The lowest BCUT2D eigenvalue weighted by molar-refractivity contribution is 1.50. The molecule has 104 valence electrons. The molecule has 0 saturated carbocycles. The third-order valence-electron chi connectivity index (χ3n) is 3.41. The first-order valence-electron chi connectivity index (χ1n) is 7.18. The lowest BCUT2D eigenvalue weighted by Crippen LogP contribution is -2.12. The average molecular weight is 308 g/mol. The highest BCUT2D eigenvalue weighted by Crippen LogP contribution is 2.37. The molecule has 0 radical (unpaired) electrons. The SMILES string of the molecule is C1=CCC(=PCP(c2ccccc2)c2ccccc2)C=C1. The third-order valence-corrected chi connectivity index (χ3v) is 7.69. The highest BCUT2D eigenvalue weighted by molar-refractivity contribution is 7.79. The minimum Gasteiger partial charge on any atom is -0.0953 e. The van der Waals surface area contributed by atoms with Gasteiger partial charge in [0.25, 0.3) is 0 Å². The predicted molar refractivity (Wildman–Crippen MR) is 98.8 cm³/mol. The molecule has 3 rings (SSSR count). The van der Waals surface area contributed by atoms with Crippen LogP contribution < -0.4 is 10.6 Å². The Hall–Kier alpha value is -1.48. The largest absolute Gasteiger partial charge is 0.0953 e. The lowest BCUT2D eigenvalue weighted by atomic mass is 10.2. The standard InChI is InChI=1S/C19H18P2/c1-4-10-17(11-5-1)20-16-21(18-12-6-2-7-13-18)19-14-8-3-9-15-19/h1-10,12-15H,11,16H2. The normalized spacial score (nSPS) is 15.8. The summed E-state index contributed by atoms with van der Waals surface area (Å²) < 4.78 is 0. The molecule has 1 aliphatic carbocycles. The fraction of sp³-hybridized carbons (Fsp3) is 0.105. The molecule has 1 aliphatic rings. The molecule has 0 N–H and O–H groups in total. The van der Waals surface area contributed by atoms with Gasteiger partial charge in [-0.3, -0.25) is 0 Å². The van der Waals surface area contributed by atoms with E-state index < -0.39 is 0 Å². The summed E-state index contributed by atoms with van der Waals surface area (Å²) in [5, 5.41) is 4.47. The number of hydrogen-bond acceptors (Lipinski definition) is 0. The molecule has 0 atom stereocenters. The molecule has 0 aliphatic heterocycles. The van der Waals surface area contributed by atoms with Gasteiger partial charge in [-0.1, -0.05) is 93.2 Å². The van der Waals surface area contributed by atoms with Gasteiger partial charge in [-0.2, -0.15) is 0 Å². The van der Waals surface area contributed by atoms with E-state index in [4.69, 9.17) is 0 Å². The molecule has 2 aromatic rings. The maximum atomic E-state index is 2.27. The Kier molecular flexibility index (Phi) is 5.17. The first-order chi connectivity index (χ1) is 10.4. The van der Waals surface area contributed by atoms with Gasteiger partial charge in [-0.05, 0) is 30.2 Å². The van der Waals surface area contributed by atoms with E-state index in [1.807, 2.05) is 0 Å². The third kappa shape index (κ3) is 4.01. The summed E-state index contributed by atoms with van der Waals surface area (Å²) in [6, 6.07) is 21.9. The van der Waals surface area contributed by atoms with Crippen LogP contribution in [0, 0.1) is 0 Å². The van der Waals surface area contributed by atoms with Crippen LogP contribution in [0.2, 0.25) is 0 Å². The van der Waals surface area contributed by atoms with E-state index in [0.29, 0.717) is 0 Å². The summed E-state index contributed by atoms with van der Waals surface area (Å²) in [5.41, 5.74) is 0. The van der Waals surface area contributed by atoms with E-state index in [1.54, 1.807) is 0 Å². The maximum Gasteiger partial charge on any atom is 0.0181 e. The summed E-state index contributed by atoms with van der Waals surface area (Å²) in [7, 11) is 1.19. The Labute approximate surface area is 129 Å². The second-order valence-electron chi connectivity index (χ2n) is 4.88. The van der Waals surface area contributed by atoms with Crippen molar-refractivity contribution in [3.8, 4) is 0 Å². The van der Waals surface area contributed by atoms with Gasteiger partial charge in [-0.15, -0.1) is 0 Å². The molecular formula is C19H18P2. The molecular weight excluding hydrogens is 290 g/mol. The van der Waals surface area contributed by atoms with E-state index >= 15 is 0 Å². The highest BCUT2D eigenvalue weighted by Gasteiger charge is 2.12. The maximum absolute atomic E-state index is 2.27. The number of hydrogen-bond donors (Lipinski definition) is 0. The van der Waals surface area contributed by atoms with Crippen LogP contribution in [-0.4, -0.2) is 11.2 Å². The minimum absolute atomic E-state index is 0.267. The minimum atomic E-state index is -0.267. The molecule has 0 amide bonds. The number of benzene rings is 2. The molecule has 0 heterocycles. The first-order valence-corrected chi connectivity index (χ1v) is 9.78. The van der Waals surface area contributed by atoms with Crippen molar-refractivity contribution in [2.24, 2.45) is 0 Å². The summed E-state index contributed by atoms with van der Waals surface area (Å²) >= 11 is 0. The van der Waals surface area contributed by atoms with Gasteiger partial charge in [-0.25, -0.2) is 0 Å². The zero-order valence-electron chi connectivity index (χ0n) is 11.9. The van der Waals surface area contributed by atoms with E-state index in [1.165, 1.54) is 30.0 Å². The zero-order chi connectivity index (χ0) is 14.3. The van der Waals surface area contributed by atoms with Gasteiger partial charge in [0.1, 0.15) is 0 Å². The highest BCUT2D eigenvalue weighted by atomic mass is 31.2. The van der Waals surface area contributed by atoms with Crippen LogP contribution in [0.25, 0.3) is 0 Å². The molecule has 0 fully saturated rings. The van der Waals surface area contributed by atoms with Crippen molar-refractivity contribution in [2.45, 2.75) is 6.42 Å². The smallest absolute Gasteiger partial charge is 0.0181 e. The molecule has 0 aromatic heterocycles. The number of rotatable bonds is 4. The second-order valence-corrected chi connectivity index (χ2v) is 8.79. The predicted octanol–water partition coefficient (Wildman–Crippen LogP) is 4.71. The van der Waals surface area contributed by atoms with Crippen molar-refractivity contribution in [1.29, 1.82) is 0 Å². The van der Waals surface area contributed by atoms with Gasteiger partial charge in [0.2, 0.25) is 0 Å². The van der Waals surface area contributed by atoms with Crippen LogP contribution in [0.4, 0.5) is 0 Å². The lowest BCUT2D eigenvalue weighted by Gasteiger charge is -2.17. The van der Waals surface area contributed by atoms with Gasteiger partial charge in [0, 0.05) is 5.90 Å². The summed E-state index contributed by atoms with van der Waals surface area (Å²) in [5.74, 6) is 1.21. The molecule has 2 aromatic carbocycles. The van der Waals surface area contributed by atoms with Crippen molar-refractivity contribution >= 4 is 32.0 Å². The van der Waals surface area contributed by atoms with E-state index in [9.17, 15) is 0 Å². The second kappa shape index (κ2) is 7.51. The Bertz CT molecular complexity index is 615. The molecule has 0 bridgehead atoms. The van der Waals surface area contributed by atoms with Crippen molar-refractivity contribution in [2.75, 3.05) is 5.90 Å². The Morgan fingerprint density at radius 1 is 0.810 bits per heavy atom. The summed E-state index contributed by atoms with van der Waals surface area (Å²) in [6.45, 7) is 0. The molecule has 0 saturated heterocycles. The van der Waals surface area contributed by atoms with Crippen molar-refractivity contribution in [3.63, 3.8) is 0 Å². The van der Waals surface area contributed by atoms with Crippen molar-refractivity contribution in [1.82, 2.24) is 0 Å². The fourth-order valence-electron chi connectivity index (χ4n) is 2.31. The van der Waals surface area contributed by atoms with Crippen LogP contribution >= 0.6 is 16.1 Å².